The Morgan fingerprint density at radius 2 is 2.04 bits per heavy atom. The van der Waals surface area contributed by atoms with Gasteiger partial charge in [-0.05, 0) is 31.0 Å². The molecule has 0 atom stereocenters. The van der Waals surface area contributed by atoms with Gasteiger partial charge in [-0.1, -0.05) is 24.3 Å². The first kappa shape index (κ1) is 15.7. The van der Waals surface area contributed by atoms with Crippen LogP contribution in [0.15, 0.2) is 48.7 Å². The number of fused-ring (bicyclic) bond motifs is 1. The van der Waals surface area contributed by atoms with E-state index in [2.05, 4.69) is 10.3 Å². The van der Waals surface area contributed by atoms with E-state index >= 15 is 0 Å². The SMILES string of the molecule is Cc1ccc(C(=O)NCCc2c[nH]c3ccccc23)cc1[N+](=O)[O-]. The number of aromatic nitrogens is 1. The lowest BCUT2D eigenvalue weighted by Crippen LogP contribution is -2.25. The van der Waals surface area contributed by atoms with Crippen molar-refractivity contribution in [3.05, 3.63) is 75.5 Å². The lowest BCUT2D eigenvalue weighted by atomic mass is 10.1. The molecule has 2 N–H and O–H groups in total. The fourth-order valence-corrected chi connectivity index (χ4v) is 2.70. The van der Waals surface area contributed by atoms with Crippen LogP contribution in [0.5, 0.6) is 0 Å². The first-order valence-corrected chi connectivity index (χ1v) is 7.64. The van der Waals surface area contributed by atoms with E-state index in [1.807, 2.05) is 30.5 Å². The lowest BCUT2D eigenvalue weighted by molar-refractivity contribution is -0.385. The second kappa shape index (κ2) is 6.54. The highest BCUT2D eigenvalue weighted by Crippen LogP contribution is 2.20. The van der Waals surface area contributed by atoms with E-state index in [0.29, 0.717) is 24.1 Å². The van der Waals surface area contributed by atoms with Crippen LogP contribution < -0.4 is 5.32 Å². The van der Waals surface area contributed by atoms with Gasteiger partial charge in [-0.2, -0.15) is 0 Å². The summed E-state index contributed by atoms with van der Waals surface area (Å²) in [6, 6.07) is 12.5. The van der Waals surface area contributed by atoms with Crippen LogP contribution in [-0.2, 0) is 6.42 Å². The maximum atomic E-state index is 12.2. The van der Waals surface area contributed by atoms with E-state index in [0.717, 1.165) is 16.5 Å². The van der Waals surface area contributed by atoms with E-state index in [1.54, 1.807) is 19.1 Å². The van der Waals surface area contributed by atoms with E-state index in [4.69, 9.17) is 0 Å². The quantitative estimate of drug-likeness (QED) is 0.557. The number of hydrogen-bond acceptors (Lipinski definition) is 3. The normalized spacial score (nSPS) is 10.7. The third-order valence-electron chi connectivity index (χ3n) is 4.02. The fourth-order valence-electron chi connectivity index (χ4n) is 2.70. The molecule has 122 valence electrons. The molecule has 0 bridgehead atoms. The third-order valence-corrected chi connectivity index (χ3v) is 4.02. The monoisotopic (exact) mass is 323 g/mol. The number of para-hydroxylation sites is 1. The van der Waals surface area contributed by atoms with Gasteiger partial charge in [-0.15, -0.1) is 0 Å². The number of aromatic amines is 1. The Labute approximate surface area is 138 Å². The van der Waals surface area contributed by atoms with Crippen molar-refractivity contribution in [3.63, 3.8) is 0 Å². The van der Waals surface area contributed by atoms with Crippen LogP contribution >= 0.6 is 0 Å². The van der Waals surface area contributed by atoms with Gasteiger partial charge < -0.3 is 10.3 Å². The number of benzene rings is 2. The lowest BCUT2D eigenvalue weighted by Gasteiger charge is -2.06. The summed E-state index contributed by atoms with van der Waals surface area (Å²) in [7, 11) is 0. The van der Waals surface area contributed by atoms with Crippen LogP contribution in [0.4, 0.5) is 5.69 Å². The summed E-state index contributed by atoms with van der Waals surface area (Å²) in [4.78, 5) is 25.9. The number of carbonyl (C=O) groups excluding carboxylic acids is 1. The summed E-state index contributed by atoms with van der Waals surface area (Å²) < 4.78 is 0. The molecule has 1 aromatic heterocycles. The van der Waals surface area contributed by atoms with Crippen molar-refractivity contribution in [1.29, 1.82) is 0 Å². The predicted molar refractivity (Wildman–Crippen MR) is 92.2 cm³/mol. The van der Waals surface area contributed by atoms with Crippen molar-refractivity contribution in [1.82, 2.24) is 10.3 Å². The number of nitro groups is 1. The summed E-state index contributed by atoms with van der Waals surface area (Å²) >= 11 is 0. The largest absolute Gasteiger partial charge is 0.361 e. The molecular formula is C18H17N3O3. The smallest absolute Gasteiger partial charge is 0.273 e. The maximum absolute atomic E-state index is 12.2. The van der Waals surface area contributed by atoms with Gasteiger partial charge in [-0.3, -0.25) is 14.9 Å². The van der Waals surface area contributed by atoms with Gasteiger partial charge in [0.15, 0.2) is 0 Å². The van der Waals surface area contributed by atoms with Crippen molar-refractivity contribution in [3.8, 4) is 0 Å². The molecule has 0 fully saturated rings. The molecule has 0 unspecified atom stereocenters. The molecule has 24 heavy (non-hydrogen) atoms. The van der Waals surface area contributed by atoms with Crippen LogP contribution in [0.3, 0.4) is 0 Å². The molecule has 0 radical (unpaired) electrons. The molecule has 0 saturated carbocycles. The molecule has 0 spiro atoms. The Hall–Kier alpha value is -3.15. The molecule has 1 heterocycles. The van der Waals surface area contributed by atoms with Gasteiger partial charge in [0.05, 0.1) is 4.92 Å². The van der Waals surface area contributed by atoms with Crippen molar-refractivity contribution in [2.75, 3.05) is 6.54 Å². The molecule has 0 aliphatic carbocycles. The van der Waals surface area contributed by atoms with Gasteiger partial charge in [0.25, 0.3) is 11.6 Å². The van der Waals surface area contributed by atoms with E-state index < -0.39 is 4.92 Å². The molecule has 3 rings (SSSR count). The molecule has 0 aliphatic heterocycles. The van der Waals surface area contributed by atoms with E-state index in [1.165, 1.54) is 6.07 Å². The minimum absolute atomic E-state index is 0.0423. The number of H-pyrrole nitrogens is 1. The molecule has 6 nitrogen and oxygen atoms in total. The summed E-state index contributed by atoms with van der Waals surface area (Å²) in [5.74, 6) is -0.307. The Bertz CT molecular complexity index is 915. The molecule has 3 aromatic rings. The second-order valence-corrected chi connectivity index (χ2v) is 5.62. The first-order chi connectivity index (χ1) is 11.6. The average molecular weight is 323 g/mol. The summed E-state index contributed by atoms with van der Waals surface area (Å²) in [6.07, 6.45) is 2.62. The standard InChI is InChI=1S/C18H17N3O3/c1-12-6-7-13(10-17(12)21(23)24)18(22)19-9-8-14-11-20-16-5-3-2-4-15(14)16/h2-7,10-11,20H,8-9H2,1H3,(H,19,22). The molecule has 0 aliphatic rings. The van der Waals surface area contributed by atoms with Crippen LogP contribution in [0.1, 0.15) is 21.5 Å². The number of carbonyl (C=O) groups is 1. The van der Waals surface area contributed by atoms with E-state index in [-0.39, 0.29) is 11.6 Å². The Kier molecular flexibility index (Phi) is 4.29. The van der Waals surface area contributed by atoms with Gasteiger partial charge in [-0.25, -0.2) is 0 Å². The van der Waals surface area contributed by atoms with Crippen molar-refractivity contribution in [2.45, 2.75) is 13.3 Å². The van der Waals surface area contributed by atoms with Crippen molar-refractivity contribution >= 4 is 22.5 Å². The summed E-state index contributed by atoms with van der Waals surface area (Å²) in [5.41, 5.74) is 2.98. The molecular weight excluding hydrogens is 306 g/mol. The van der Waals surface area contributed by atoms with Gasteiger partial charge in [0, 0.05) is 40.8 Å². The zero-order chi connectivity index (χ0) is 17.1. The average Bonchev–Trinajstić information content (AvgIpc) is 2.98. The third kappa shape index (κ3) is 3.12. The minimum Gasteiger partial charge on any atom is -0.361 e. The van der Waals surface area contributed by atoms with Gasteiger partial charge >= 0.3 is 0 Å². The Morgan fingerprint density at radius 1 is 1.25 bits per heavy atom. The zero-order valence-corrected chi connectivity index (χ0v) is 13.2. The first-order valence-electron chi connectivity index (χ1n) is 7.64. The number of nitrogens with one attached hydrogen (secondary N) is 2. The fraction of sp³-hybridized carbons (Fsp3) is 0.167. The second-order valence-electron chi connectivity index (χ2n) is 5.62. The Morgan fingerprint density at radius 3 is 2.83 bits per heavy atom. The topological polar surface area (TPSA) is 88.0 Å². The van der Waals surface area contributed by atoms with Crippen molar-refractivity contribution in [2.24, 2.45) is 0 Å². The highest BCUT2D eigenvalue weighted by molar-refractivity contribution is 5.95. The van der Waals surface area contributed by atoms with Crippen LogP contribution in [-0.4, -0.2) is 22.4 Å². The molecule has 6 heteroatoms. The highest BCUT2D eigenvalue weighted by Gasteiger charge is 2.14. The number of aryl methyl sites for hydroxylation is 1. The number of rotatable bonds is 5. The number of hydrogen-bond donors (Lipinski definition) is 2. The number of amides is 1. The van der Waals surface area contributed by atoms with Crippen LogP contribution in [0, 0.1) is 17.0 Å². The molecule has 0 saturated heterocycles. The number of nitro benzene ring substituents is 1. The predicted octanol–water partition coefficient (Wildman–Crippen LogP) is 3.36. The summed E-state index contributed by atoms with van der Waals surface area (Å²) in [5, 5.41) is 14.9. The zero-order valence-electron chi connectivity index (χ0n) is 13.2. The van der Waals surface area contributed by atoms with E-state index in [9.17, 15) is 14.9 Å². The Balaban J connectivity index is 1.66. The minimum atomic E-state index is -0.474. The molecule has 1 amide bonds. The highest BCUT2D eigenvalue weighted by atomic mass is 16.6. The van der Waals surface area contributed by atoms with Gasteiger partial charge in [0.2, 0.25) is 0 Å². The maximum Gasteiger partial charge on any atom is 0.273 e. The summed E-state index contributed by atoms with van der Waals surface area (Å²) in [6.45, 7) is 2.11. The van der Waals surface area contributed by atoms with Crippen LogP contribution in [0.25, 0.3) is 10.9 Å². The number of nitrogens with zero attached hydrogens (tertiary/aromatic N) is 1. The molecule has 2 aromatic carbocycles. The van der Waals surface area contributed by atoms with Crippen LogP contribution in [0.2, 0.25) is 0 Å². The van der Waals surface area contributed by atoms with Gasteiger partial charge in [0.1, 0.15) is 0 Å². The van der Waals surface area contributed by atoms with Crippen molar-refractivity contribution < 1.29 is 9.72 Å².